The minimum Gasteiger partial charge on any atom is -0.358 e. The van der Waals surface area contributed by atoms with Crippen LogP contribution in [0.1, 0.15) is 41.9 Å². The monoisotopic (exact) mass is 306 g/mol. The number of hydrogen-bond donors (Lipinski definition) is 1. The average molecular weight is 306 g/mol. The highest BCUT2D eigenvalue weighted by Crippen LogP contribution is 2.38. The molecular formula is C14H18N4O2S. The molecule has 0 saturated heterocycles. The van der Waals surface area contributed by atoms with Gasteiger partial charge in [0.25, 0.3) is 0 Å². The van der Waals surface area contributed by atoms with Crippen LogP contribution in [0.4, 0.5) is 11.5 Å². The largest absolute Gasteiger partial charge is 0.358 e. The van der Waals surface area contributed by atoms with Crippen LogP contribution >= 0.6 is 11.3 Å². The maximum absolute atomic E-state index is 11.3. The Morgan fingerprint density at radius 1 is 1.62 bits per heavy atom. The minimum atomic E-state index is -0.339. The lowest BCUT2D eigenvalue weighted by Crippen LogP contribution is -2.18. The maximum Gasteiger partial charge on any atom is 0.333 e. The number of anilines is 1. The zero-order chi connectivity index (χ0) is 15.0. The molecule has 2 heterocycles. The molecule has 2 aromatic heterocycles. The van der Waals surface area contributed by atoms with Crippen LogP contribution in [0.15, 0.2) is 11.4 Å². The van der Waals surface area contributed by atoms with Crippen molar-refractivity contribution in [1.82, 2.24) is 9.78 Å². The Balaban J connectivity index is 1.98. The second-order valence-electron chi connectivity index (χ2n) is 5.24. The lowest BCUT2D eigenvalue weighted by molar-refractivity contribution is -0.384. The molecule has 1 unspecified atom stereocenters. The quantitative estimate of drug-likeness (QED) is 0.691. The van der Waals surface area contributed by atoms with E-state index in [2.05, 4.69) is 21.9 Å². The number of thiophene rings is 1. The first kappa shape index (κ1) is 14.1. The standard InChI is InChI=1S/C14H18N4O2S/c1-3-17-14(13(18(19)20)9(2)16-17)15-11-5-4-6-12-10(11)7-8-21-12/h7-8,11,15H,3-6H2,1-2H3. The first-order chi connectivity index (χ1) is 10.1. The lowest BCUT2D eigenvalue weighted by Gasteiger charge is -2.24. The molecule has 0 spiro atoms. The molecule has 0 saturated carbocycles. The van der Waals surface area contributed by atoms with E-state index < -0.39 is 0 Å². The third-order valence-electron chi connectivity index (χ3n) is 3.94. The second-order valence-corrected chi connectivity index (χ2v) is 6.24. The van der Waals surface area contributed by atoms with E-state index in [1.165, 1.54) is 10.4 Å². The highest BCUT2D eigenvalue weighted by atomic mass is 32.1. The van der Waals surface area contributed by atoms with Crippen molar-refractivity contribution in [2.75, 3.05) is 5.32 Å². The highest BCUT2D eigenvalue weighted by molar-refractivity contribution is 7.10. The fourth-order valence-corrected chi connectivity index (χ4v) is 3.95. The van der Waals surface area contributed by atoms with Gasteiger partial charge in [0.1, 0.15) is 5.69 Å². The van der Waals surface area contributed by atoms with Crippen LogP contribution in [0.3, 0.4) is 0 Å². The van der Waals surface area contributed by atoms with E-state index >= 15 is 0 Å². The highest BCUT2D eigenvalue weighted by Gasteiger charge is 2.29. The number of hydrogen-bond acceptors (Lipinski definition) is 5. The van der Waals surface area contributed by atoms with Crippen LogP contribution in [0.5, 0.6) is 0 Å². The van der Waals surface area contributed by atoms with Crippen molar-refractivity contribution in [2.24, 2.45) is 0 Å². The number of rotatable bonds is 4. The molecule has 7 heteroatoms. The van der Waals surface area contributed by atoms with Crippen molar-refractivity contribution in [1.29, 1.82) is 0 Å². The zero-order valence-electron chi connectivity index (χ0n) is 12.1. The van der Waals surface area contributed by atoms with Crippen LogP contribution in [0.25, 0.3) is 0 Å². The minimum absolute atomic E-state index is 0.0965. The summed E-state index contributed by atoms with van der Waals surface area (Å²) in [6, 6.07) is 2.27. The van der Waals surface area contributed by atoms with Gasteiger partial charge in [-0.3, -0.25) is 10.1 Å². The van der Waals surface area contributed by atoms with E-state index in [0.29, 0.717) is 18.1 Å². The third-order valence-corrected chi connectivity index (χ3v) is 4.94. The smallest absolute Gasteiger partial charge is 0.333 e. The van der Waals surface area contributed by atoms with Gasteiger partial charge in [0.2, 0.25) is 5.82 Å². The predicted molar refractivity (Wildman–Crippen MR) is 82.9 cm³/mol. The number of aromatic nitrogens is 2. The Morgan fingerprint density at radius 2 is 2.43 bits per heavy atom. The zero-order valence-corrected chi connectivity index (χ0v) is 12.9. The molecule has 0 aliphatic heterocycles. The fourth-order valence-electron chi connectivity index (χ4n) is 2.96. The number of fused-ring (bicyclic) bond motifs is 1. The summed E-state index contributed by atoms with van der Waals surface area (Å²) in [5, 5.41) is 21.1. The maximum atomic E-state index is 11.3. The van der Waals surface area contributed by atoms with E-state index in [-0.39, 0.29) is 16.7 Å². The van der Waals surface area contributed by atoms with Crippen molar-refractivity contribution >= 4 is 22.8 Å². The summed E-state index contributed by atoms with van der Waals surface area (Å²) >= 11 is 1.77. The summed E-state index contributed by atoms with van der Waals surface area (Å²) in [7, 11) is 0. The van der Waals surface area contributed by atoms with Crippen molar-refractivity contribution in [3.05, 3.63) is 37.7 Å². The van der Waals surface area contributed by atoms with E-state index in [4.69, 9.17) is 0 Å². The fraction of sp³-hybridized carbons (Fsp3) is 0.500. The van der Waals surface area contributed by atoms with Crippen molar-refractivity contribution in [3.63, 3.8) is 0 Å². The van der Waals surface area contributed by atoms with E-state index in [9.17, 15) is 10.1 Å². The molecule has 0 fully saturated rings. The first-order valence-corrected chi connectivity index (χ1v) is 8.04. The van der Waals surface area contributed by atoms with Gasteiger partial charge < -0.3 is 5.32 Å². The summed E-state index contributed by atoms with van der Waals surface area (Å²) < 4.78 is 1.69. The molecule has 0 bridgehead atoms. The Morgan fingerprint density at radius 3 is 3.14 bits per heavy atom. The molecule has 2 aromatic rings. The Bertz CT molecular complexity index is 677. The summed E-state index contributed by atoms with van der Waals surface area (Å²) in [5.74, 6) is 0.532. The summed E-state index contributed by atoms with van der Waals surface area (Å²) in [5.41, 5.74) is 1.84. The van der Waals surface area contributed by atoms with Crippen molar-refractivity contribution < 1.29 is 4.92 Å². The van der Waals surface area contributed by atoms with Gasteiger partial charge in [0.05, 0.1) is 11.0 Å². The number of nitrogens with one attached hydrogen (secondary N) is 1. The number of aryl methyl sites for hydroxylation is 3. The van der Waals surface area contributed by atoms with Gasteiger partial charge in [0.15, 0.2) is 0 Å². The molecule has 0 radical (unpaired) electrons. The summed E-state index contributed by atoms with van der Waals surface area (Å²) in [6.45, 7) is 4.24. The van der Waals surface area contributed by atoms with Gasteiger partial charge in [-0.05, 0) is 50.1 Å². The SMILES string of the molecule is CCn1nc(C)c([N+](=O)[O-])c1NC1CCCc2sccc21. The Kier molecular flexibility index (Phi) is 3.67. The Labute approximate surface area is 126 Å². The van der Waals surface area contributed by atoms with E-state index in [0.717, 1.165) is 19.3 Å². The van der Waals surface area contributed by atoms with E-state index in [1.807, 2.05) is 6.92 Å². The molecule has 112 valence electrons. The van der Waals surface area contributed by atoms with Crippen molar-refractivity contribution in [2.45, 2.75) is 45.7 Å². The molecule has 6 nitrogen and oxygen atoms in total. The summed E-state index contributed by atoms with van der Waals surface area (Å²) in [4.78, 5) is 12.4. The van der Waals surface area contributed by atoms with Crippen LogP contribution in [0, 0.1) is 17.0 Å². The predicted octanol–water partition coefficient (Wildman–Crippen LogP) is 3.67. The molecule has 1 aliphatic rings. The van der Waals surface area contributed by atoms with Crippen LogP contribution in [-0.4, -0.2) is 14.7 Å². The molecule has 21 heavy (non-hydrogen) atoms. The molecular weight excluding hydrogens is 288 g/mol. The number of nitrogens with zero attached hydrogens (tertiary/aromatic N) is 3. The second kappa shape index (κ2) is 5.48. The van der Waals surface area contributed by atoms with Gasteiger partial charge in [-0.1, -0.05) is 0 Å². The van der Waals surface area contributed by atoms with Gasteiger partial charge in [-0.2, -0.15) is 5.10 Å². The summed E-state index contributed by atoms with van der Waals surface area (Å²) in [6.07, 6.45) is 3.21. The van der Waals surface area contributed by atoms with Crippen LogP contribution in [-0.2, 0) is 13.0 Å². The van der Waals surface area contributed by atoms with E-state index in [1.54, 1.807) is 22.9 Å². The normalized spacial score (nSPS) is 17.5. The van der Waals surface area contributed by atoms with Gasteiger partial charge >= 0.3 is 5.69 Å². The van der Waals surface area contributed by atoms with Crippen LogP contribution < -0.4 is 5.32 Å². The molecule has 1 aliphatic carbocycles. The molecule has 0 amide bonds. The number of nitro groups is 1. The third kappa shape index (κ3) is 2.42. The molecule has 1 atom stereocenters. The topological polar surface area (TPSA) is 73.0 Å². The molecule has 0 aromatic carbocycles. The van der Waals surface area contributed by atoms with Gasteiger partial charge in [-0.25, -0.2) is 4.68 Å². The molecule has 1 N–H and O–H groups in total. The first-order valence-electron chi connectivity index (χ1n) is 7.16. The van der Waals surface area contributed by atoms with Crippen molar-refractivity contribution in [3.8, 4) is 0 Å². The Hall–Kier alpha value is -1.89. The lowest BCUT2D eigenvalue weighted by atomic mass is 9.94. The average Bonchev–Trinajstić information content (AvgIpc) is 3.03. The molecule has 3 rings (SSSR count). The van der Waals surface area contributed by atoms with Crippen LogP contribution in [0.2, 0.25) is 0 Å². The van der Waals surface area contributed by atoms with Gasteiger partial charge in [-0.15, -0.1) is 11.3 Å². The van der Waals surface area contributed by atoms with Gasteiger partial charge in [0, 0.05) is 11.4 Å².